The lowest BCUT2D eigenvalue weighted by molar-refractivity contribution is -0.142. The average molecular weight is 479 g/mol. The second-order valence-electron chi connectivity index (χ2n) is 7.57. The highest BCUT2D eigenvalue weighted by molar-refractivity contribution is 5.94. The molecule has 0 aromatic heterocycles. The molecule has 1 aromatic rings. The number of hydrogen-bond acceptors (Lipinski definition) is 6. The Bertz CT molecular complexity index is 889. The molecule has 2 atom stereocenters. The van der Waals surface area contributed by atoms with Gasteiger partial charge in [-0.25, -0.2) is 4.79 Å². The zero-order chi connectivity index (χ0) is 25.5. The Morgan fingerprint density at radius 2 is 1.74 bits per heavy atom. The Labute approximate surface area is 196 Å². The summed E-state index contributed by atoms with van der Waals surface area (Å²) in [6.07, 6.45) is 0.741. The molecule has 0 aliphatic carbocycles. The van der Waals surface area contributed by atoms with E-state index in [0.717, 1.165) is 5.56 Å². The normalized spacial score (nSPS) is 12.0. The van der Waals surface area contributed by atoms with Gasteiger partial charge in [-0.15, -0.1) is 0 Å². The predicted molar refractivity (Wildman–Crippen MR) is 120 cm³/mol. The Kier molecular flexibility index (Phi) is 12.4. The highest BCUT2D eigenvalue weighted by Crippen LogP contribution is 2.05. The van der Waals surface area contributed by atoms with Crippen LogP contribution in [0, 0.1) is 6.92 Å². The molecule has 0 bridgehead atoms. The van der Waals surface area contributed by atoms with E-state index in [9.17, 15) is 33.9 Å². The van der Waals surface area contributed by atoms with E-state index in [1.54, 1.807) is 18.2 Å². The van der Waals surface area contributed by atoms with E-state index in [1.165, 1.54) is 0 Å². The number of unbranched alkanes of at least 4 members (excludes halogenated alkanes) is 1. The molecule has 0 aliphatic rings. The van der Waals surface area contributed by atoms with Crippen LogP contribution >= 0.6 is 0 Å². The molecule has 6 N–H and O–H groups in total. The molecule has 34 heavy (non-hydrogen) atoms. The molecule has 1 aromatic carbocycles. The van der Waals surface area contributed by atoms with E-state index in [2.05, 4.69) is 21.3 Å². The average Bonchev–Trinajstić information content (AvgIpc) is 2.78. The van der Waals surface area contributed by atoms with Crippen molar-refractivity contribution in [1.82, 2.24) is 21.3 Å². The van der Waals surface area contributed by atoms with Crippen LogP contribution in [0.2, 0.25) is 0 Å². The molecule has 0 spiro atoms. The van der Waals surface area contributed by atoms with Crippen LogP contribution in [-0.4, -0.2) is 71.5 Å². The molecular weight excluding hydrogens is 448 g/mol. The number of carboxylic acid groups (broad SMARTS) is 2. The topological polar surface area (TPSA) is 191 Å². The van der Waals surface area contributed by atoms with Crippen molar-refractivity contribution in [3.05, 3.63) is 35.4 Å². The second kappa shape index (κ2) is 15.0. The van der Waals surface area contributed by atoms with Crippen molar-refractivity contribution in [2.45, 2.75) is 51.1 Å². The van der Waals surface area contributed by atoms with Crippen molar-refractivity contribution in [1.29, 1.82) is 0 Å². The third-order valence-electron chi connectivity index (χ3n) is 4.77. The van der Waals surface area contributed by atoms with Crippen molar-refractivity contribution >= 4 is 36.1 Å². The molecule has 186 valence electrons. The number of carbonyl (C=O) groups is 6. The fraction of sp³-hybridized carbons (Fsp3) is 0.455. The van der Waals surface area contributed by atoms with Gasteiger partial charge in [0.25, 0.3) is 5.91 Å². The van der Waals surface area contributed by atoms with Crippen molar-refractivity contribution in [3.8, 4) is 0 Å². The molecule has 4 amide bonds. The zero-order valence-corrected chi connectivity index (χ0v) is 18.8. The molecule has 0 aliphatic heterocycles. The monoisotopic (exact) mass is 478 g/mol. The molecule has 0 saturated heterocycles. The lowest BCUT2D eigenvalue weighted by Crippen LogP contribution is -2.49. The van der Waals surface area contributed by atoms with Crippen LogP contribution in [0.1, 0.15) is 48.0 Å². The first-order valence-electron chi connectivity index (χ1n) is 10.7. The smallest absolute Gasteiger partial charge is 0.326 e. The third kappa shape index (κ3) is 11.1. The van der Waals surface area contributed by atoms with E-state index >= 15 is 0 Å². The van der Waals surface area contributed by atoms with Gasteiger partial charge in [0, 0.05) is 18.5 Å². The SMILES string of the molecule is Cc1cccc(C(=O)NCCCCC(NC(=O)CNC(=O)C(CCC(=O)O)NC=O)C(=O)O)c1. The molecule has 0 radical (unpaired) electrons. The Balaban J connectivity index is 2.39. The number of nitrogens with one attached hydrogen (secondary N) is 4. The van der Waals surface area contributed by atoms with Crippen LogP contribution in [-0.2, 0) is 24.0 Å². The number of amides is 4. The highest BCUT2D eigenvalue weighted by atomic mass is 16.4. The number of aliphatic carboxylic acids is 2. The van der Waals surface area contributed by atoms with Crippen LogP contribution in [0.25, 0.3) is 0 Å². The summed E-state index contributed by atoms with van der Waals surface area (Å²) in [5.41, 5.74) is 1.49. The maximum absolute atomic E-state index is 12.1. The van der Waals surface area contributed by atoms with Gasteiger partial charge in [0.05, 0.1) is 6.54 Å². The molecule has 0 fully saturated rings. The molecule has 0 saturated carbocycles. The standard InChI is InChI=1S/C22H30N4O8/c1-14-5-4-6-15(11-14)20(31)23-10-3-2-7-17(22(33)34)26-18(28)12-24-21(32)16(25-13-27)8-9-19(29)30/h4-6,11,13,16-17H,2-3,7-10,12H2,1H3,(H,23,31)(H,24,32)(H,25,27)(H,26,28)(H,29,30)(H,33,34). The molecular formula is C22H30N4O8. The summed E-state index contributed by atoms with van der Waals surface area (Å²) in [6.45, 7) is 1.67. The fourth-order valence-corrected chi connectivity index (χ4v) is 3.00. The van der Waals surface area contributed by atoms with Crippen LogP contribution < -0.4 is 21.3 Å². The first-order valence-corrected chi connectivity index (χ1v) is 10.7. The number of aryl methyl sites for hydroxylation is 1. The summed E-state index contributed by atoms with van der Waals surface area (Å²) in [4.78, 5) is 68.8. The minimum atomic E-state index is -1.24. The summed E-state index contributed by atoms with van der Waals surface area (Å²) >= 11 is 0. The molecule has 12 nitrogen and oxygen atoms in total. The Morgan fingerprint density at radius 3 is 2.35 bits per heavy atom. The van der Waals surface area contributed by atoms with Gasteiger partial charge in [0.1, 0.15) is 12.1 Å². The summed E-state index contributed by atoms with van der Waals surface area (Å²) in [7, 11) is 0. The van der Waals surface area contributed by atoms with Gasteiger partial charge in [0.2, 0.25) is 18.2 Å². The van der Waals surface area contributed by atoms with E-state index in [4.69, 9.17) is 5.11 Å². The van der Waals surface area contributed by atoms with Gasteiger partial charge in [0.15, 0.2) is 0 Å². The van der Waals surface area contributed by atoms with Gasteiger partial charge in [-0.2, -0.15) is 0 Å². The van der Waals surface area contributed by atoms with Crippen LogP contribution in [0.4, 0.5) is 0 Å². The summed E-state index contributed by atoms with van der Waals surface area (Å²) < 4.78 is 0. The van der Waals surface area contributed by atoms with Crippen LogP contribution in [0.5, 0.6) is 0 Å². The van der Waals surface area contributed by atoms with Crippen molar-refractivity contribution in [3.63, 3.8) is 0 Å². The van der Waals surface area contributed by atoms with E-state index in [1.807, 2.05) is 13.0 Å². The largest absolute Gasteiger partial charge is 0.481 e. The predicted octanol–water partition coefficient (Wildman–Crippen LogP) is -0.440. The van der Waals surface area contributed by atoms with Gasteiger partial charge in [-0.1, -0.05) is 17.7 Å². The minimum Gasteiger partial charge on any atom is -0.481 e. The van der Waals surface area contributed by atoms with Crippen molar-refractivity contribution in [2.24, 2.45) is 0 Å². The fourth-order valence-electron chi connectivity index (χ4n) is 3.00. The summed E-state index contributed by atoms with van der Waals surface area (Å²) in [5.74, 6) is -4.14. The molecule has 12 heteroatoms. The summed E-state index contributed by atoms with van der Waals surface area (Å²) in [6, 6.07) is 4.79. The molecule has 0 heterocycles. The second-order valence-corrected chi connectivity index (χ2v) is 7.57. The summed E-state index contributed by atoms with van der Waals surface area (Å²) in [5, 5.41) is 27.5. The van der Waals surface area contributed by atoms with Crippen molar-refractivity contribution in [2.75, 3.05) is 13.1 Å². The highest BCUT2D eigenvalue weighted by Gasteiger charge is 2.22. The number of rotatable bonds is 16. The quantitative estimate of drug-likeness (QED) is 0.136. The van der Waals surface area contributed by atoms with E-state index in [-0.39, 0.29) is 31.6 Å². The Morgan fingerprint density at radius 1 is 1.00 bits per heavy atom. The lowest BCUT2D eigenvalue weighted by Gasteiger charge is -2.17. The molecule has 2 unspecified atom stereocenters. The number of hydrogen-bond donors (Lipinski definition) is 6. The zero-order valence-electron chi connectivity index (χ0n) is 18.8. The van der Waals surface area contributed by atoms with E-state index in [0.29, 0.717) is 24.9 Å². The maximum Gasteiger partial charge on any atom is 0.326 e. The van der Waals surface area contributed by atoms with Gasteiger partial charge < -0.3 is 31.5 Å². The van der Waals surface area contributed by atoms with Gasteiger partial charge in [-0.3, -0.25) is 24.0 Å². The first-order chi connectivity index (χ1) is 16.1. The molecule has 1 rings (SSSR count). The minimum absolute atomic E-state index is 0.114. The third-order valence-corrected chi connectivity index (χ3v) is 4.77. The van der Waals surface area contributed by atoms with E-state index < -0.39 is 42.4 Å². The number of benzene rings is 1. The lowest BCUT2D eigenvalue weighted by atomic mass is 10.1. The van der Waals surface area contributed by atoms with Gasteiger partial charge >= 0.3 is 11.9 Å². The maximum atomic E-state index is 12.1. The van der Waals surface area contributed by atoms with Crippen LogP contribution in [0.3, 0.4) is 0 Å². The first kappa shape index (κ1) is 28.1. The van der Waals surface area contributed by atoms with Crippen molar-refractivity contribution < 1.29 is 39.0 Å². The number of carboxylic acids is 2. The number of carbonyl (C=O) groups excluding carboxylic acids is 4. The Hall–Kier alpha value is -3.96. The van der Waals surface area contributed by atoms with Gasteiger partial charge in [-0.05, 0) is 44.7 Å². The van der Waals surface area contributed by atoms with Crippen LogP contribution in [0.15, 0.2) is 24.3 Å².